The predicted molar refractivity (Wildman–Crippen MR) is 109 cm³/mol. The van der Waals surface area contributed by atoms with Crippen molar-refractivity contribution in [2.45, 2.75) is 25.7 Å². The third kappa shape index (κ3) is 4.34. The average Bonchev–Trinajstić information content (AvgIpc) is 2.69. The second-order valence-corrected chi connectivity index (χ2v) is 7.27. The highest BCUT2D eigenvalue weighted by Gasteiger charge is 2.25. The Morgan fingerprint density at radius 1 is 0.929 bits per heavy atom. The van der Waals surface area contributed by atoms with Crippen LogP contribution in [0.4, 0.5) is 0 Å². The fourth-order valence-electron chi connectivity index (χ4n) is 3.16. The fourth-order valence-corrected chi connectivity index (χ4v) is 3.16. The van der Waals surface area contributed by atoms with Gasteiger partial charge in [0.25, 0.3) is 0 Å². The maximum atomic E-state index is 11.3. The lowest BCUT2D eigenvalue weighted by Crippen LogP contribution is -2.19. The molecule has 0 aliphatic rings. The summed E-state index contributed by atoms with van der Waals surface area (Å²) in [6, 6.07) is 22.8. The van der Waals surface area contributed by atoms with E-state index in [2.05, 4.69) is 12.1 Å². The van der Waals surface area contributed by atoms with E-state index in [1.165, 1.54) is 17.7 Å². The molecule has 0 aliphatic carbocycles. The molecule has 0 amide bonds. The van der Waals surface area contributed by atoms with Gasteiger partial charge in [0.15, 0.2) is 0 Å². The van der Waals surface area contributed by atoms with Crippen molar-refractivity contribution in [2.75, 3.05) is 6.61 Å². The Bertz CT molecular complexity index is 944. The Balaban J connectivity index is 1.71. The largest absolute Gasteiger partial charge is 0.507 e. The topological polar surface area (TPSA) is 66.8 Å². The predicted octanol–water partition coefficient (Wildman–Crippen LogP) is 5.04. The Morgan fingerprint density at radius 2 is 1.57 bits per heavy atom. The summed E-state index contributed by atoms with van der Waals surface area (Å²) in [4.78, 5) is 11.3. The number of aromatic carboxylic acids is 1. The summed E-state index contributed by atoms with van der Waals surface area (Å²) in [6.45, 7) is 4.65. The van der Waals surface area contributed by atoms with Crippen molar-refractivity contribution >= 4 is 5.97 Å². The lowest BCUT2D eigenvalue weighted by molar-refractivity contribution is 0.0693. The molecule has 4 nitrogen and oxygen atoms in total. The van der Waals surface area contributed by atoms with Crippen LogP contribution in [-0.2, 0) is 11.8 Å². The summed E-state index contributed by atoms with van der Waals surface area (Å²) in [6.07, 6.45) is 0.847. The molecular formula is C24H24O4. The molecule has 3 rings (SSSR count). The third-order valence-corrected chi connectivity index (χ3v) is 5.03. The number of aromatic hydroxyl groups is 1. The van der Waals surface area contributed by atoms with Crippen LogP contribution in [0.2, 0.25) is 0 Å². The zero-order valence-electron chi connectivity index (χ0n) is 16.1. The van der Waals surface area contributed by atoms with Crippen molar-refractivity contribution in [2.24, 2.45) is 0 Å². The molecule has 0 radical (unpaired) electrons. The van der Waals surface area contributed by atoms with Gasteiger partial charge in [-0.15, -0.1) is 0 Å². The Kier molecular flexibility index (Phi) is 5.69. The molecule has 0 aromatic heterocycles. The van der Waals surface area contributed by atoms with Crippen molar-refractivity contribution in [3.8, 4) is 11.5 Å². The molecule has 3 aromatic carbocycles. The van der Waals surface area contributed by atoms with Gasteiger partial charge in [-0.1, -0.05) is 62.4 Å². The molecule has 0 fully saturated rings. The molecule has 0 aliphatic heterocycles. The van der Waals surface area contributed by atoms with E-state index in [-0.39, 0.29) is 11.3 Å². The van der Waals surface area contributed by atoms with Crippen LogP contribution in [0.3, 0.4) is 0 Å². The number of rotatable bonds is 7. The second kappa shape index (κ2) is 8.17. The molecule has 3 aromatic rings. The lowest BCUT2D eigenvalue weighted by atomic mass is 9.77. The van der Waals surface area contributed by atoms with Crippen molar-refractivity contribution in [3.63, 3.8) is 0 Å². The lowest BCUT2D eigenvalue weighted by Gasteiger charge is -2.27. The van der Waals surface area contributed by atoms with Crippen molar-refractivity contribution in [3.05, 3.63) is 95.1 Å². The quantitative estimate of drug-likeness (QED) is 0.606. The first-order valence-corrected chi connectivity index (χ1v) is 9.22. The van der Waals surface area contributed by atoms with Crippen LogP contribution in [0.5, 0.6) is 11.5 Å². The maximum absolute atomic E-state index is 11.3. The van der Waals surface area contributed by atoms with E-state index in [9.17, 15) is 15.0 Å². The number of carboxylic acids is 1. The number of hydrogen-bond donors (Lipinski definition) is 2. The first kappa shape index (κ1) is 19.5. The summed E-state index contributed by atoms with van der Waals surface area (Å²) in [5.41, 5.74) is 2.58. The van der Waals surface area contributed by atoms with Crippen LogP contribution in [0, 0.1) is 0 Å². The van der Waals surface area contributed by atoms with Crippen LogP contribution in [0.25, 0.3) is 0 Å². The molecule has 0 unspecified atom stereocenters. The Morgan fingerprint density at radius 3 is 2.21 bits per heavy atom. The number of hydrogen-bond acceptors (Lipinski definition) is 3. The molecule has 0 saturated carbocycles. The number of phenols is 1. The van der Waals surface area contributed by atoms with Crippen molar-refractivity contribution < 1.29 is 19.7 Å². The number of ether oxygens (including phenoxy) is 1. The van der Waals surface area contributed by atoms with Gasteiger partial charge in [0.05, 0.1) is 6.61 Å². The number of carboxylic acid groups (broad SMARTS) is 1. The van der Waals surface area contributed by atoms with E-state index >= 15 is 0 Å². The van der Waals surface area contributed by atoms with Crippen LogP contribution in [-0.4, -0.2) is 22.8 Å². The van der Waals surface area contributed by atoms with Gasteiger partial charge >= 0.3 is 5.97 Å². The number of carbonyl (C=O) groups is 1. The van der Waals surface area contributed by atoms with E-state index in [0.29, 0.717) is 6.61 Å². The van der Waals surface area contributed by atoms with Gasteiger partial charge in [-0.3, -0.25) is 0 Å². The van der Waals surface area contributed by atoms with Crippen LogP contribution < -0.4 is 4.74 Å². The summed E-state index contributed by atoms with van der Waals surface area (Å²) < 4.78 is 5.84. The first-order chi connectivity index (χ1) is 13.4. The minimum atomic E-state index is -1.14. The highest BCUT2D eigenvalue weighted by Crippen LogP contribution is 2.34. The molecule has 0 saturated heterocycles. The van der Waals surface area contributed by atoms with Crippen LogP contribution in [0.1, 0.15) is 40.9 Å². The van der Waals surface area contributed by atoms with E-state index in [1.54, 1.807) is 6.07 Å². The van der Waals surface area contributed by atoms with E-state index in [4.69, 9.17) is 4.74 Å². The van der Waals surface area contributed by atoms with Crippen LogP contribution in [0.15, 0.2) is 72.8 Å². The molecule has 4 heteroatoms. The van der Waals surface area contributed by atoms with E-state index in [0.717, 1.165) is 23.3 Å². The van der Waals surface area contributed by atoms with Gasteiger partial charge < -0.3 is 14.9 Å². The molecule has 2 N–H and O–H groups in total. The van der Waals surface area contributed by atoms with Gasteiger partial charge in [-0.05, 0) is 41.0 Å². The fraction of sp³-hybridized carbons (Fsp3) is 0.208. The van der Waals surface area contributed by atoms with Crippen LogP contribution >= 0.6 is 0 Å². The molecule has 0 spiro atoms. The van der Waals surface area contributed by atoms with E-state index in [1.807, 2.05) is 56.3 Å². The molecule has 0 atom stereocenters. The minimum absolute atomic E-state index is 0.0913. The molecule has 144 valence electrons. The molecular weight excluding hydrogens is 352 g/mol. The molecule has 28 heavy (non-hydrogen) atoms. The van der Waals surface area contributed by atoms with Gasteiger partial charge in [0.2, 0.25) is 0 Å². The summed E-state index contributed by atoms with van der Waals surface area (Å²) >= 11 is 0. The highest BCUT2D eigenvalue weighted by atomic mass is 16.5. The number of benzene rings is 3. The minimum Gasteiger partial charge on any atom is -0.507 e. The Hall–Kier alpha value is -3.27. The summed E-state index contributed by atoms with van der Waals surface area (Å²) in [7, 11) is 0. The maximum Gasteiger partial charge on any atom is 0.339 e. The second-order valence-electron chi connectivity index (χ2n) is 7.27. The average molecular weight is 376 g/mol. The Labute approximate surface area is 165 Å². The summed E-state index contributed by atoms with van der Waals surface area (Å²) in [5, 5.41) is 19.0. The van der Waals surface area contributed by atoms with Crippen molar-refractivity contribution in [1.29, 1.82) is 0 Å². The third-order valence-electron chi connectivity index (χ3n) is 5.03. The van der Waals surface area contributed by atoms with Crippen molar-refractivity contribution in [1.82, 2.24) is 0 Å². The SMILES string of the molecule is CC(C)(c1ccc(OCCc2ccccc2)cc1)c1ccc(O)c(C(=O)O)c1. The summed E-state index contributed by atoms with van der Waals surface area (Å²) in [5.74, 6) is -0.570. The normalized spacial score (nSPS) is 11.2. The highest BCUT2D eigenvalue weighted by molar-refractivity contribution is 5.91. The zero-order valence-corrected chi connectivity index (χ0v) is 16.1. The standard InChI is InChI=1S/C24H24O4/c1-24(2,19-10-13-22(25)21(16-19)23(26)27)18-8-11-20(12-9-18)28-15-14-17-6-4-3-5-7-17/h3-13,16,25H,14-15H2,1-2H3,(H,26,27). The van der Waals surface area contributed by atoms with E-state index < -0.39 is 11.4 Å². The molecule has 0 heterocycles. The smallest absolute Gasteiger partial charge is 0.339 e. The molecule has 0 bridgehead atoms. The van der Waals surface area contributed by atoms with Gasteiger partial charge in [-0.2, -0.15) is 0 Å². The van der Waals surface area contributed by atoms with Gasteiger partial charge in [0.1, 0.15) is 17.1 Å². The van der Waals surface area contributed by atoms with Gasteiger partial charge in [0, 0.05) is 11.8 Å². The zero-order chi connectivity index (χ0) is 20.1. The van der Waals surface area contributed by atoms with Gasteiger partial charge in [-0.25, -0.2) is 4.79 Å². The first-order valence-electron chi connectivity index (χ1n) is 9.22. The monoisotopic (exact) mass is 376 g/mol.